The van der Waals surface area contributed by atoms with E-state index in [1.165, 1.54) is 0 Å². The van der Waals surface area contributed by atoms with Crippen molar-refractivity contribution in [1.29, 1.82) is 0 Å². The Balaban J connectivity index is 3.10. The second kappa shape index (κ2) is 1.84. The van der Waals surface area contributed by atoms with Gasteiger partial charge in [0.05, 0.1) is 5.25 Å². The zero-order valence-electron chi connectivity index (χ0n) is 5.59. The van der Waals surface area contributed by atoms with E-state index in [0.29, 0.717) is 11.3 Å². The third kappa shape index (κ3) is 0.894. The van der Waals surface area contributed by atoms with Gasteiger partial charge in [0.15, 0.2) is 9.84 Å². The van der Waals surface area contributed by atoms with Gasteiger partial charge < -0.3 is 0 Å². The summed E-state index contributed by atoms with van der Waals surface area (Å²) < 4.78 is 22.0. The van der Waals surface area contributed by atoms with Gasteiger partial charge in [-0.05, 0) is 20.3 Å². The molecule has 0 radical (unpaired) electrons. The highest BCUT2D eigenvalue weighted by Crippen LogP contribution is 2.23. The molecular weight excluding hydrogens is 136 g/mol. The van der Waals surface area contributed by atoms with Crippen LogP contribution in [0, 0.1) is 0 Å². The smallest absolute Gasteiger partial charge is 0.176 e. The normalized spacial score (nSPS) is 32.2. The average Bonchev–Trinajstić information content (AvgIpc) is 1.96. The topological polar surface area (TPSA) is 34.1 Å². The highest BCUT2D eigenvalue weighted by molar-refractivity contribution is 7.96. The predicted octanol–water partition coefficient (Wildman–Crippen LogP) is 1.10. The molecule has 0 aliphatic carbocycles. The largest absolute Gasteiger partial charge is 0.224 e. The molecule has 0 spiro atoms. The molecule has 0 aromatic heterocycles. The molecule has 1 rings (SSSR count). The van der Waals surface area contributed by atoms with Gasteiger partial charge in [-0.25, -0.2) is 8.42 Å². The van der Waals surface area contributed by atoms with Gasteiger partial charge in [-0.2, -0.15) is 0 Å². The quantitative estimate of drug-likeness (QED) is 0.512. The molecule has 52 valence electrons. The average molecular weight is 146 g/mol. The Hall–Kier alpha value is -0.310. The van der Waals surface area contributed by atoms with Crippen molar-refractivity contribution < 1.29 is 8.42 Å². The maximum atomic E-state index is 11.0. The third-order valence-electron chi connectivity index (χ3n) is 1.72. The zero-order valence-corrected chi connectivity index (χ0v) is 6.40. The minimum atomic E-state index is -2.84. The highest BCUT2D eigenvalue weighted by Gasteiger charge is 2.26. The maximum Gasteiger partial charge on any atom is 0.176 e. The van der Waals surface area contributed by atoms with Crippen LogP contribution in [0.25, 0.3) is 0 Å². The standard InChI is InChI=1S/C6H10O2S/c1-5-3-4-6(2)9(5,7)8/h3,6H,4H2,1-2H3. The van der Waals surface area contributed by atoms with Crippen molar-refractivity contribution in [2.24, 2.45) is 0 Å². The number of hydrogen-bond acceptors (Lipinski definition) is 2. The second-order valence-electron chi connectivity index (χ2n) is 2.41. The van der Waals surface area contributed by atoms with E-state index in [9.17, 15) is 8.42 Å². The molecular formula is C6H10O2S. The molecule has 1 unspecified atom stereocenters. The fourth-order valence-corrected chi connectivity index (χ4v) is 2.20. The molecule has 0 amide bonds. The van der Waals surface area contributed by atoms with E-state index in [1.807, 2.05) is 0 Å². The molecule has 2 nitrogen and oxygen atoms in total. The summed E-state index contributed by atoms with van der Waals surface area (Å²) in [6.07, 6.45) is 2.47. The molecule has 3 heteroatoms. The van der Waals surface area contributed by atoms with E-state index in [1.54, 1.807) is 19.9 Å². The summed E-state index contributed by atoms with van der Waals surface area (Å²) in [5.41, 5.74) is 0. The number of hydrogen-bond donors (Lipinski definition) is 0. The summed E-state index contributed by atoms with van der Waals surface area (Å²) in [6.45, 7) is 3.39. The van der Waals surface area contributed by atoms with Crippen LogP contribution in [0.3, 0.4) is 0 Å². The highest BCUT2D eigenvalue weighted by atomic mass is 32.2. The first-order chi connectivity index (χ1) is 4.05. The Morgan fingerprint density at radius 3 is 2.33 bits per heavy atom. The van der Waals surface area contributed by atoms with Gasteiger partial charge in [-0.3, -0.25) is 0 Å². The first-order valence-electron chi connectivity index (χ1n) is 2.96. The number of rotatable bonds is 0. The van der Waals surface area contributed by atoms with Crippen LogP contribution in [-0.4, -0.2) is 13.7 Å². The Morgan fingerprint density at radius 1 is 1.67 bits per heavy atom. The Bertz CT molecular complexity index is 236. The number of sulfone groups is 1. The van der Waals surface area contributed by atoms with Gasteiger partial charge in [0.25, 0.3) is 0 Å². The van der Waals surface area contributed by atoms with Crippen LogP contribution in [0.5, 0.6) is 0 Å². The Kier molecular flexibility index (Phi) is 1.39. The summed E-state index contributed by atoms with van der Waals surface area (Å²) >= 11 is 0. The van der Waals surface area contributed by atoms with Gasteiger partial charge in [0, 0.05) is 4.91 Å². The van der Waals surface area contributed by atoms with Crippen LogP contribution in [-0.2, 0) is 9.84 Å². The minimum absolute atomic E-state index is 0.183. The van der Waals surface area contributed by atoms with Crippen molar-refractivity contribution in [2.45, 2.75) is 25.5 Å². The van der Waals surface area contributed by atoms with Gasteiger partial charge in [0.2, 0.25) is 0 Å². The van der Waals surface area contributed by atoms with Crippen molar-refractivity contribution in [3.63, 3.8) is 0 Å². The van der Waals surface area contributed by atoms with Crippen molar-refractivity contribution in [2.75, 3.05) is 0 Å². The molecule has 0 bridgehead atoms. The lowest BCUT2D eigenvalue weighted by atomic mass is 10.3. The molecule has 0 N–H and O–H groups in total. The van der Waals surface area contributed by atoms with Crippen LogP contribution < -0.4 is 0 Å². The molecule has 1 heterocycles. The van der Waals surface area contributed by atoms with Crippen LogP contribution in [0.2, 0.25) is 0 Å². The van der Waals surface area contributed by atoms with E-state index >= 15 is 0 Å². The number of allylic oxidation sites excluding steroid dienone is 2. The van der Waals surface area contributed by atoms with E-state index in [2.05, 4.69) is 0 Å². The van der Waals surface area contributed by atoms with Crippen LogP contribution in [0.15, 0.2) is 11.0 Å². The van der Waals surface area contributed by atoms with Crippen molar-refractivity contribution in [3.05, 3.63) is 11.0 Å². The SMILES string of the molecule is CC1=CCC(C)S1(=O)=O. The third-order valence-corrected chi connectivity index (χ3v) is 4.03. The molecule has 0 aromatic rings. The predicted molar refractivity (Wildman–Crippen MR) is 36.8 cm³/mol. The molecule has 9 heavy (non-hydrogen) atoms. The van der Waals surface area contributed by atoms with Gasteiger partial charge in [0.1, 0.15) is 0 Å². The molecule has 1 aliphatic rings. The summed E-state index contributed by atoms with van der Waals surface area (Å²) in [4.78, 5) is 0.537. The molecule has 1 atom stereocenters. The lowest BCUT2D eigenvalue weighted by Crippen LogP contribution is -2.11. The van der Waals surface area contributed by atoms with E-state index < -0.39 is 9.84 Å². The van der Waals surface area contributed by atoms with Crippen LogP contribution in [0.4, 0.5) is 0 Å². The summed E-state index contributed by atoms with van der Waals surface area (Å²) in [5.74, 6) is 0. The van der Waals surface area contributed by atoms with Gasteiger partial charge in [-0.1, -0.05) is 6.08 Å². The lowest BCUT2D eigenvalue weighted by Gasteiger charge is -2.00. The van der Waals surface area contributed by atoms with Crippen molar-refractivity contribution >= 4 is 9.84 Å². The second-order valence-corrected chi connectivity index (χ2v) is 4.94. The summed E-state index contributed by atoms with van der Waals surface area (Å²) in [7, 11) is -2.84. The van der Waals surface area contributed by atoms with Crippen LogP contribution in [0.1, 0.15) is 20.3 Å². The lowest BCUT2D eigenvalue weighted by molar-refractivity contribution is 0.594. The molecule has 0 saturated carbocycles. The fourth-order valence-electron chi connectivity index (χ4n) is 0.892. The Labute approximate surface area is 55.5 Å². The van der Waals surface area contributed by atoms with Crippen LogP contribution >= 0.6 is 0 Å². The minimum Gasteiger partial charge on any atom is -0.224 e. The summed E-state index contributed by atoms with van der Waals surface area (Å²) in [6, 6.07) is 0. The molecule has 0 aromatic carbocycles. The monoisotopic (exact) mass is 146 g/mol. The van der Waals surface area contributed by atoms with E-state index in [4.69, 9.17) is 0 Å². The fraction of sp³-hybridized carbons (Fsp3) is 0.667. The van der Waals surface area contributed by atoms with Gasteiger partial charge in [-0.15, -0.1) is 0 Å². The van der Waals surface area contributed by atoms with Crippen molar-refractivity contribution in [3.8, 4) is 0 Å². The molecule has 0 saturated heterocycles. The summed E-state index contributed by atoms with van der Waals surface area (Å²) in [5, 5.41) is -0.183. The van der Waals surface area contributed by atoms with Gasteiger partial charge >= 0.3 is 0 Å². The molecule has 1 aliphatic heterocycles. The first-order valence-corrected chi connectivity index (χ1v) is 4.50. The zero-order chi connectivity index (χ0) is 7.07. The van der Waals surface area contributed by atoms with E-state index in [0.717, 1.165) is 0 Å². The van der Waals surface area contributed by atoms with E-state index in [-0.39, 0.29) is 5.25 Å². The Morgan fingerprint density at radius 2 is 2.22 bits per heavy atom. The molecule has 0 fully saturated rings. The maximum absolute atomic E-state index is 11.0. The van der Waals surface area contributed by atoms with Crippen molar-refractivity contribution in [1.82, 2.24) is 0 Å². The first kappa shape index (κ1) is 6.81.